The Morgan fingerprint density at radius 2 is 1.65 bits per heavy atom. The minimum Gasteiger partial charge on any atom is -0.378 e. The van der Waals surface area contributed by atoms with Crippen LogP contribution in [-0.2, 0) is 19.6 Å². The Morgan fingerprint density at radius 3 is 2.32 bits per heavy atom. The summed E-state index contributed by atoms with van der Waals surface area (Å²) < 4.78 is 33.7. The van der Waals surface area contributed by atoms with Crippen LogP contribution in [0.3, 0.4) is 0 Å². The first-order valence-electron chi connectivity index (χ1n) is 11.8. The highest BCUT2D eigenvalue weighted by Crippen LogP contribution is 2.27. The van der Waals surface area contributed by atoms with E-state index in [1.54, 1.807) is 41.3 Å². The monoisotopic (exact) mass is 541 g/mol. The Morgan fingerprint density at radius 1 is 0.973 bits per heavy atom. The van der Waals surface area contributed by atoms with Gasteiger partial charge in [0.15, 0.2) is 0 Å². The minimum atomic E-state index is -4.11. The molecule has 1 aliphatic rings. The van der Waals surface area contributed by atoms with Crippen LogP contribution in [0.1, 0.15) is 21.5 Å². The van der Waals surface area contributed by atoms with Gasteiger partial charge in [-0.1, -0.05) is 29.8 Å². The standard InChI is InChI=1S/C27H28ClN3O5S/c1-19-7-10-22(17-20(19)2)31(37(34,35)23-11-8-21(28)9-12-23)18-26(32)29-25-6-4-3-5-24(25)27(33)30-13-15-36-16-14-30/h3-12,17H,13-16,18H2,1-2H3,(H,29,32). The molecule has 0 aromatic heterocycles. The van der Waals surface area contributed by atoms with Gasteiger partial charge in [-0.25, -0.2) is 8.42 Å². The minimum absolute atomic E-state index is 0.00539. The normalized spacial score (nSPS) is 13.8. The van der Waals surface area contributed by atoms with Gasteiger partial charge in [0.1, 0.15) is 6.54 Å². The number of para-hydroxylation sites is 1. The molecule has 0 unspecified atom stereocenters. The van der Waals surface area contributed by atoms with Crippen molar-refractivity contribution in [2.45, 2.75) is 18.7 Å². The van der Waals surface area contributed by atoms with Crippen molar-refractivity contribution in [1.82, 2.24) is 4.90 Å². The van der Waals surface area contributed by atoms with Crippen molar-refractivity contribution in [2.24, 2.45) is 0 Å². The number of nitrogens with zero attached hydrogens (tertiary/aromatic N) is 2. The lowest BCUT2D eigenvalue weighted by molar-refractivity contribution is -0.114. The van der Waals surface area contributed by atoms with Crippen LogP contribution in [0.5, 0.6) is 0 Å². The molecule has 194 valence electrons. The Balaban J connectivity index is 1.63. The number of anilines is 2. The third-order valence-corrected chi connectivity index (χ3v) is 8.24. The lowest BCUT2D eigenvalue weighted by Crippen LogP contribution is -2.41. The lowest BCUT2D eigenvalue weighted by Gasteiger charge is -2.28. The number of amides is 2. The third kappa shape index (κ3) is 6.12. The lowest BCUT2D eigenvalue weighted by atomic mass is 10.1. The number of nitrogens with one attached hydrogen (secondary N) is 1. The van der Waals surface area contributed by atoms with E-state index >= 15 is 0 Å². The second-order valence-corrected chi connectivity index (χ2v) is 11.0. The van der Waals surface area contributed by atoms with E-state index in [9.17, 15) is 18.0 Å². The molecule has 1 N–H and O–H groups in total. The Hall–Kier alpha value is -3.40. The quantitative estimate of drug-likeness (QED) is 0.482. The van der Waals surface area contributed by atoms with Crippen LogP contribution in [0.25, 0.3) is 0 Å². The third-order valence-electron chi connectivity index (χ3n) is 6.20. The SMILES string of the molecule is Cc1ccc(N(CC(=O)Nc2ccccc2C(=O)N2CCOCC2)S(=O)(=O)c2ccc(Cl)cc2)cc1C. The van der Waals surface area contributed by atoms with Gasteiger partial charge in [0.2, 0.25) is 5.91 Å². The number of carbonyl (C=O) groups excluding carboxylic acids is 2. The molecule has 8 nitrogen and oxygen atoms in total. The van der Waals surface area contributed by atoms with E-state index in [0.29, 0.717) is 48.3 Å². The van der Waals surface area contributed by atoms with Gasteiger partial charge < -0.3 is 15.0 Å². The fraction of sp³-hybridized carbons (Fsp3) is 0.259. The van der Waals surface area contributed by atoms with Crippen molar-refractivity contribution in [3.8, 4) is 0 Å². The molecule has 37 heavy (non-hydrogen) atoms. The van der Waals surface area contributed by atoms with Gasteiger partial charge in [0.05, 0.1) is 35.0 Å². The number of sulfonamides is 1. The summed E-state index contributed by atoms with van der Waals surface area (Å²) in [7, 11) is -4.11. The number of hydrogen-bond acceptors (Lipinski definition) is 5. The van der Waals surface area contributed by atoms with E-state index in [-0.39, 0.29) is 10.8 Å². The van der Waals surface area contributed by atoms with Gasteiger partial charge in [-0.3, -0.25) is 13.9 Å². The highest BCUT2D eigenvalue weighted by atomic mass is 35.5. The van der Waals surface area contributed by atoms with E-state index in [2.05, 4.69) is 5.32 Å². The van der Waals surface area contributed by atoms with Gasteiger partial charge in [-0.2, -0.15) is 0 Å². The van der Waals surface area contributed by atoms with Crippen molar-refractivity contribution in [1.29, 1.82) is 0 Å². The van der Waals surface area contributed by atoms with E-state index in [1.807, 2.05) is 19.9 Å². The summed E-state index contributed by atoms with van der Waals surface area (Å²) >= 11 is 5.96. The number of halogens is 1. The van der Waals surface area contributed by atoms with Gasteiger partial charge in [0.25, 0.3) is 15.9 Å². The fourth-order valence-electron chi connectivity index (χ4n) is 3.97. The number of ether oxygens (including phenoxy) is 1. The molecule has 3 aromatic carbocycles. The van der Waals surface area contributed by atoms with E-state index in [4.69, 9.17) is 16.3 Å². The predicted molar refractivity (Wildman–Crippen MR) is 144 cm³/mol. The summed E-state index contributed by atoms with van der Waals surface area (Å²) in [5.41, 5.74) is 2.87. The highest BCUT2D eigenvalue weighted by Gasteiger charge is 2.28. The van der Waals surface area contributed by atoms with Crippen LogP contribution in [0.2, 0.25) is 5.02 Å². The van der Waals surface area contributed by atoms with Crippen LogP contribution in [-0.4, -0.2) is 58.0 Å². The van der Waals surface area contributed by atoms with Crippen molar-refractivity contribution in [3.05, 3.63) is 88.4 Å². The Labute approximate surface area is 221 Å². The zero-order valence-corrected chi connectivity index (χ0v) is 22.2. The number of aryl methyl sites for hydroxylation is 2. The number of benzene rings is 3. The summed E-state index contributed by atoms with van der Waals surface area (Å²) in [6, 6.07) is 17.7. The molecule has 0 saturated carbocycles. The molecule has 0 atom stereocenters. The van der Waals surface area contributed by atoms with E-state index in [1.165, 1.54) is 24.3 Å². The molecule has 1 aliphatic heterocycles. The summed E-state index contributed by atoms with van der Waals surface area (Å²) in [6.45, 7) is 5.13. The first-order chi connectivity index (χ1) is 17.7. The number of rotatable bonds is 7. The summed E-state index contributed by atoms with van der Waals surface area (Å²) in [5.74, 6) is -0.808. The number of morpholine rings is 1. The molecule has 0 aliphatic carbocycles. The zero-order chi connectivity index (χ0) is 26.6. The molecule has 0 radical (unpaired) electrons. The first kappa shape index (κ1) is 26.7. The van der Waals surface area contributed by atoms with Crippen molar-refractivity contribution in [2.75, 3.05) is 42.5 Å². The summed E-state index contributed by atoms with van der Waals surface area (Å²) in [4.78, 5) is 28.0. The topological polar surface area (TPSA) is 96.0 Å². The largest absolute Gasteiger partial charge is 0.378 e. The summed E-state index contributed by atoms with van der Waals surface area (Å²) in [6.07, 6.45) is 0. The number of carbonyl (C=O) groups is 2. The Kier molecular flexibility index (Phi) is 8.16. The molecule has 3 aromatic rings. The fourth-order valence-corrected chi connectivity index (χ4v) is 5.50. The Bertz CT molecular complexity index is 1400. The molecule has 0 bridgehead atoms. The maximum absolute atomic E-state index is 13.6. The second-order valence-electron chi connectivity index (χ2n) is 8.73. The molecular formula is C27H28ClN3O5S. The van der Waals surface area contributed by atoms with Gasteiger partial charge in [-0.05, 0) is 73.5 Å². The summed E-state index contributed by atoms with van der Waals surface area (Å²) in [5, 5.41) is 3.14. The average Bonchev–Trinajstić information content (AvgIpc) is 2.89. The average molecular weight is 542 g/mol. The molecule has 0 spiro atoms. The van der Waals surface area contributed by atoms with Gasteiger partial charge in [-0.15, -0.1) is 0 Å². The van der Waals surface area contributed by atoms with E-state index < -0.39 is 22.5 Å². The maximum Gasteiger partial charge on any atom is 0.264 e. The smallest absolute Gasteiger partial charge is 0.264 e. The molecule has 1 heterocycles. The van der Waals surface area contributed by atoms with Crippen LogP contribution in [0.4, 0.5) is 11.4 Å². The number of hydrogen-bond donors (Lipinski definition) is 1. The molecule has 1 saturated heterocycles. The molecule has 10 heteroatoms. The molecule has 1 fully saturated rings. The van der Waals surface area contributed by atoms with E-state index in [0.717, 1.165) is 15.4 Å². The molecule has 4 rings (SSSR count). The van der Waals surface area contributed by atoms with Crippen molar-refractivity contribution in [3.63, 3.8) is 0 Å². The van der Waals surface area contributed by atoms with Crippen LogP contribution in [0.15, 0.2) is 71.6 Å². The molecular weight excluding hydrogens is 514 g/mol. The van der Waals surface area contributed by atoms with Crippen LogP contribution >= 0.6 is 11.6 Å². The van der Waals surface area contributed by atoms with Crippen LogP contribution in [0, 0.1) is 13.8 Å². The van der Waals surface area contributed by atoms with Gasteiger partial charge >= 0.3 is 0 Å². The molecule has 2 amide bonds. The zero-order valence-electron chi connectivity index (χ0n) is 20.6. The maximum atomic E-state index is 13.6. The first-order valence-corrected chi connectivity index (χ1v) is 13.6. The second kappa shape index (κ2) is 11.3. The highest BCUT2D eigenvalue weighted by molar-refractivity contribution is 7.92. The van der Waals surface area contributed by atoms with Crippen molar-refractivity contribution >= 4 is 44.8 Å². The van der Waals surface area contributed by atoms with Crippen molar-refractivity contribution < 1.29 is 22.7 Å². The van der Waals surface area contributed by atoms with Crippen LogP contribution < -0.4 is 9.62 Å². The predicted octanol–water partition coefficient (Wildman–Crippen LogP) is 4.26. The van der Waals surface area contributed by atoms with Gasteiger partial charge in [0, 0.05) is 18.1 Å².